The number of nitrogens with one attached hydrogen (secondary N) is 1. The summed E-state index contributed by atoms with van der Waals surface area (Å²) in [7, 11) is 0. The molecule has 1 aliphatic heterocycles. The van der Waals surface area contributed by atoms with Gasteiger partial charge >= 0.3 is 0 Å². The van der Waals surface area contributed by atoms with Crippen LogP contribution >= 0.6 is 11.3 Å². The summed E-state index contributed by atoms with van der Waals surface area (Å²) >= 11 is 1.68. The van der Waals surface area contributed by atoms with Crippen molar-refractivity contribution in [2.24, 2.45) is 0 Å². The van der Waals surface area contributed by atoms with E-state index < -0.39 is 0 Å². The zero-order valence-corrected chi connectivity index (χ0v) is 13.4. The van der Waals surface area contributed by atoms with Crippen molar-refractivity contribution < 1.29 is 9.32 Å². The monoisotopic (exact) mass is 320 g/mol. The van der Waals surface area contributed by atoms with Crippen LogP contribution in [0.1, 0.15) is 36.2 Å². The summed E-state index contributed by atoms with van der Waals surface area (Å²) in [6, 6.07) is 2.19. The first-order valence-corrected chi connectivity index (χ1v) is 8.48. The van der Waals surface area contributed by atoms with Gasteiger partial charge in [0.25, 0.3) is 0 Å². The fraction of sp³-hybridized carbons (Fsp3) is 0.533. The average molecular weight is 320 g/mol. The Morgan fingerprint density at radius 1 is 1.59 bits per heavy atom. The molecule has 7 heteroatoms. The summed E-state index contributed by atoms with van der Waals surface area (Å²) in [5.41, 5.74) is 1.27. The van der Waals surface area contributed by atoms with Crippen LogP contribution in [0.4, 0.5) is 0 Å². The van der Waals surface area contributed by atoms with Gasteiger partial charge < -0.3 is 9.84 Å². The summed E-state index contributed by atoms with van der Waals surface area (Å²) in [6.07, 6.45) is 2.91. The van der Waals surface area contributed by atoms with Gasteiger partial charge in [0.2, 0.25) is 11.8 Å². The van der Waals surface area contributed by atoms with E-state index in [-0.39, 0.29) is 11.9 Å². The van der Waals surface area contributed by atoms with E-state index in [0.29, 0.717) is 24.8 Å². The minimum absolute atomic E-state index is 0.0577. The first-order chi connectivity index (χ1) is 10.7. The van der Waals surface area contributed by atoms with E-state index in [2.05, 4.69) is 37.2 Å². The first kappa shape index (κ1) is 15.2. The van der Waals surface area contributed by atoms with Gasteiger partial charge in [-0.3, -0.25) is 9.69 Å². The summed E-state index contributed by atoms with van der Waals surface area (Å²) in [6.45, 7) is 3.75. The molecule has 0 radical (unpaired) electrons. The van der Waals surface area contributed by atoms with Crippen LogP contribution in [0.25, 0.3) is 0 Å². The van der Waals surface area contributed by atoms with Crippen molar-refractivity contribution >= 4 is 17.2 Å². The van der Waals surface area contributed by atoms with E-state index in [9.17, 15) is 4.79 Å². The molecular weight excluding hydrogens is 300 g/mol. The summed E-state index contributed by atoms with van der Waals surface area (Å²) in [5.74, 6) is 1.32. The molecule has 1 fully saturated rings. The van der Waals surface area contributed by atoms with Crippen LogP contribution in [0, 0.1) is 6.92 Å². The third kappa shape index (κ3) is 3.72. The third-order valence-electron chi connectivity index (χ3n) is 3.87. The fourth-order valence-corrected chi connectivity index (χ4v) is 3.48. The van der Waals surface area contributed by atoms with Crippen molar-refractivity contribution in [2.45, 2.75) is 32.2 Å². The molecule has 1 saturated heterocycles. The topological polar surface area (TPSA) is 71.3 Å². The number of thiophene rings is 1. The molecule has 118 valence electrons. The highest BCUT2D eigenvalue weighted by molar-refractivity contribution is 7.07. The van der Waals surface area contributed by atoms with Gasteiger partial charge in [-0.2, -0.15) is 16.3 Å². The molecule has 1 atom stereocenters. The van der Waals surface area contributed by atoms with Gasteiger partial charge in [0.05, 0.1) is 12.6 Å². The predicted molar refractivity (Wildman–Crippen MR) is 83.6 cm³/mol. The Bertz CT molecular complexity index is 611. The van der Waals surface area contributed by atoms with E-state index in [4.69, 9.17) is 4.52 Å². The maximum absolute atomic E-state index is 12.1. The Balaban J connectivity index is 1.47. The van der Waals surface area contributed by atoms with Gasteiger partial charge in [-0.15, -0.1) is 0 Å². The second-order valence-corrected chi connectivity index (χ2v) is 6.31. The minimum atomic E-state index is 0.0577. The molecule has 3 heterocycles. The summed E-state index contributed by atoms with van der Waals surface area (Å²) in [5, 5.41) is 11.1. The Morgan fingerprint density at radius 2 is 2.50 bits per heavy atom. The smallest absolute Gasteiger partial charge is 0.234 e. The lowest BCUT2D eigenvalue weighted by molar-refractivity contribution is -0.122. The van der Waals surface area contributed by atoms with Crippen LogP contribution in [-0.2, 0) is 11.2 Å². The molecule has 1 aliphatic rings. The van der Waals surface area contributed by atoms with Crippen LogP contribution in [0.5, 0.6) is 0 Å². The van der Waals surface area contributed by atoms with Crippen molar-refractivity contribution in [2.75, 3.05) is 19.6 Å². The van der Waals surface area contributed by atoms with E-state index in [1.807, 2.05) is 0 Å². The summed E-state index contributed by atoms with van der Waals surface area (Å²) < 4.78 is 5.05. The average Bonchev–Trinajstić information content (AvgIpc) is 3.20. The maximum Gasteiger partial charge on any atom is 0.234 e. The van der Waals surface area contributed by atoms with Crippen LogP contribution in [0.15, 0.2) is 21.3 Å². The number of aromatic nitrogens is 2. The Kier molecular flexibility index (Phi) is 4.84. The number of likely N-dealkylation sites (tertiary alicyclic amines) is 1. The number of hydrogen-bond donors (Lipinski definition) is 1. The Labute approximate surface area is 133 Å². The second kappa shape index (κ2) is 7.02. The molecule has 2 aromatic heterocycles. The number of carbonyl (C=O) groups excluding carboxylic acids is 1. The van der Waals surface area contributed by atoms with Crippen LogP contribution < -0.4 is 5.32 Å². The second-order valence-electron chi connectivity index (χ2n) is 5.53. The minimum Gasteiger partial charge on any atom is -0.355 e. The zero-order chi connectivity index (χ0) is 15.4. The zero-order valence-electron chi connectivity index (χ0n) is 12.6. The molecule has 0 unspecified atom stereocenters. The molecule has 3 rings (SSSR count). The normalized spacial score (nSPS) is 18.7. The molecule has 0 aliphatic carbocycles. The van der Waals surface area contributed by atoms with Gasteiger partial charge in [-0.1, -0.05) is 5.16 Å². The lowest BCUT2D eigenvalue weighted by Gasteiger charge is -2.21. The van der Waals surface area contributed by atoms with Gasteiger partial charge in [0.1, 0.15) is 0 Å². The van der Waals surface area contributed by atoms with Crippen molar-refractivity contribution in [1.29, 1.82) is 0 Å². The van der Waals surface area contributed by atoms with Crippen molar-refractivity contribution in [1.82, 2.24) is 20.4 Å². The highest BCUT2D eigenvalue weighted by atomic mass is 32.1. The number of aryl methyl sites for hydroxylation is 1. The molecule has 1 amide bonds. The van der Waals surface area contributed by atoms with Crippen molar-refractivity contribution in [3.05, 3.63) is 34.1 Å². The van der Waals surface area contributed by atoms with Crippen LogP contribution in [0.2, 0.25) is 0 Å². The predicted octanol–water partition coefficient (Wildman–Crippen LogP) is 1.94. The lowest BCUT2D eigenvalue weighted by atomic mass is 10.2. The third-order valence-corrected chi connectivity index (χ3v) is 4.60. The highest BCUT2D eigenvalue weighted by Crippen LogP contribution is 2.29. The van der Waals surface area contributed by atoms with Gasteiger partial charge in [0.15, 0.2) is 5.82 Å². The first-order valence-electron chi connectivity index (χ1n) is 7.54. The van der Waals surface area contributed by atoms with Crippen LogP contribution in [0.3, 0.4) is 0 Å². The molecule has 2 aromatic rings. The van der Waals surface area contributed by atoms with Gasteiger partial charge in [-0.25, -0.2) is 0 Å². The highest BCUT2D eigenvalue weighted by Gasteiger charge is 2.30. The van der Waals surface area contributed by atoms with E-state index in [0.717, 1.165) is 25.8 Å². The lowest BCUT2D eigenvalue weighted by Crippen LogP contribution is -2.37. The molecule has 0 aromatic carbocycles. The molecule has 0 saturated carbocycles. The van der Waals surface area contributed by atoms with Crippen molar-refractivity contribution in [3.8, 4) is 0 Å². The molecule has 0 bridgehead atoms. The molecular formula is C15H20N4O2S. The number of hydrogen-bond acceptors (Lipinski definition) is 6. The largest absolute Gasteiger partial charge is 0.355 e. The SMILES string of the molecule is Cc1nc([C@@H]2CCCN2CC(=O)NCCc2ccsc2)no1. The van der Waals surface area contributed by atoms with Crippen LogP contribution in [-0.4, -0.2) is 40.6 Å². The Hall–Kier alpha value is -1.73. The number of amides is 1. The maximum atomic E-state index is 12.1. The number of rotatable bonds is 6. The van der Waals surface area contributed by atoms with E-state index in [1.165, 1.54) is 5.56 Å². The van der Waals surface area contributed by atoms with Crippen molar-refractivity contribution in [3.63, 3.8) is 0 Å². The number of nitrogens with zero attached hydrogens (tertiary/aromatic N) is 3. The van der Waals surface area contributed by atoms with Gasteiger partial charge in [0, 0.05) is 13.5 Å². The molecule has 1 N–H and O–H groups in total. The molecule has 0 spiro atoms. The quantitative estimate of drug-likeness (QED) is 0.880. The summed E-state index contributed by atoms with van der Waals surface area (Å²) in [4.78, 5) is 18.5. The van der Waals surface area contributed by atoms with Gasteiger partial charge in [-0.05, 0) is 48.2 Å². The van der Waals surface area contributed by atoms with E-state index in [1.54, 1.807) is 18.3 Å². The van der Waals surface area contributed by atoms with E-state index >= 15 is 0 Å². The standard InChI is InChI=1S/C15H20N4O2S/c1-11-17-15(18-21-11)13-3-2-7-19(13)9-14(20)16-6-4-12-5-8-22-10-12/h5,8,10,13H,2-4,6-7,9H2,1H3,(H,16,20)/t13-/m0/s1. The molecule has 22 heavy (non-hydrogen) atoms. The fourth-order valence-electron chi connectivity index (χ4n) is 2.78. The molecule has 6 nitrogen and oxygen atoms in total. The number of carbonyl (C=O) groups is 1. The Morgan fingerprint density at radius 3 is 3.23 bits per heavy atom.